The molecular weight excluding hydrogens is 516 g/mol. The first-order valence-electron chi connectivity index (χ1n) is 12.0. The molecule has 5 rings (SSSR count). The quantitative estimate of drug-likeness (QED) is 0.270. The minimum Gasteiger partial charge on any atom is -0.495 e. The molecular formula is C29H24N4O5S. The molecule has 0 spiro atoms. The summed E-state index contributed by atoms with van der Waals surface area (Å²) in [6, 6.07) is 23.4. The molecule has 0 unspecified atom stereocenters. The molecule has 5 aromatic rings. The number of nitrogens with zero attached hydrogens (tertiary/aromatic N) is 2. The fourth-order valence-corrected chi connectivity index (χ4v) is 5.04. The van der Waals surface area contributed by atoms with Gasteiger partial charge in [0.15, 0.2) is 0 Å². The number of ether oxygens (including phenoxy) is 2. The Morgan fingerprint density at radius 3 is 2.36 bits per heavy atom. The van der Waals surface area contributed by atoms with Gasteiger partial charge in [-0.3, -0.25) is 19.0 Å². The number of aromatic nitrogens is 2. The number of carbonyl (C=O) groups is 2. The van der Waals surface area contributed by atoms with Gasteiger partial charge in [-0.2, -0.15) is 0 Å². The number of amides is 2. The van der Waals surface area contributed by atoms with Crippen LogP contribution in [0.4, 0.5) is 11.4 Å². The van der Waals surface area contributed by atoms with E-state index >= 15 is 0 Å². The first-order chi connectivity index (χ1) is 18.9. The maximum absolute atomic E-state index is 13.2. The number of nitrogens with one attached hydrogen (secondary N) is 2. The average molecular weight is 541 g/mol. The van der Waals surface area contributed by atoms with Crippen molar-refractivity contribution in [3.8, 4) is 17.2 Å². The zero-order valence-electron chi connectivity index (χ0n) is 21.1. The van der Waals surface area contributed by atoms with Crippen molar-refractivity contribution in [2.75, 3.05) is 17.7 Å². The molecule has 196 valence electrons. The highest BCUT2D eigenvalue weighted by Crippen LogP contribution is 2.30. The number of hydrogen-bond acceptors (Lipinski definition) is 7. The van der Waals surface area contributed by atoms with E-state index in [-0.39, 0.29) is 12.5 Å². The zero-order chi connectivity index (χ0) is 27.4. The molecule has 10 heteroatoms. The summed E-state index contributed by atoms with van der Waals surface area (Å²) in [5.41, 5.74) is 1.18. The number of carbonyl (C=O) groups excluding carboxylic acids is 2. The van der Waals surface area contributed by atoms with Crippen molar-refractivity contribution in [3.63, 3.8) is 0 Å². The van der Waals surface area contributed by atoms with E-state index in [0.29, 0.717) is 49.3 Å². The third-order valence-electron chi connectivity index (χ3n) is 5.91. The van der Waals surface area contributed by atoms with E-state index in [1.807, 2.05) is 30.3 Å². The van der Waals surface area contributed by atoms with Crippen LogP contribution in [-0.4, -0.2) is 28.5 Å². The fourth-order valence-electron chi connectivity index (χ4n) is 4.00. The number of fused-ring (bicyclic) bond motifs is 1. The van der Waals surface area contributed by atoms with E-state index in [0.717, 1.165) is 11.3 Å². The van der Waals surface area contributed by atoms with Gasteiger partial charge in [-0.1, -0.05) is 30.3 Å². The lowest BCUT2D eigenvalue weighted by Crippen LogP contribution is -2.27. The molecule has 2 N–H and O–H groups in total. The van der Waals surface area contributed by atoms with E-state index in [9.17, 15) is 14.4 Å². The van der Waals surface area contributed by atoms with Crippen molar-refractivity contribution < 1.29 is 19.1 Å². The molecule has 0 aliphatic heterocycles. The molecule has 0 saturated heterocycles. The maximum atomic E-state index is 13.2. The lowest BCUT2D eigenvalue weighted by Gasteiger charge is -2.09. The maximum Gasteiger partial charge on any atom is 0.266 e. The van der Waals surface area contributed by atoms with Crippen LogP contribution in [0.5, 0.6) is 17.2 Å². The van der Waals surface area contributed by atoms with E-state index in [1.54, 1.807) is 55.5 Å². The van der Waals surface area contributed by atoms with E-state index in [2.05, 4.69) is 15.6 Å². The SMILES string of the molecule is COc1ccccc1NC(=O)c1sc2ncn(CC(=O)Nc3ccc(Oc4ccccc4)cc3)c(=O)c2c1C. The largest absolute Gasteiger partial charge is 0.495 e. The topological polar surface area (TPSA) is 112 Å². The minimum absolute atomic E-state index is 0.234. The minimum atomic E-state index is -0.396. The van der Waals surface area contributed by atoms with Gasteiger partial charge in [0.25, 0.3) is 11.5 Å². The molecule has 39 heavy (non-hydrogen) atoms. The van der Waals surface area contributed by atoms with Gasteiger partial charge in [0.2, 0.25) is 5.91 Å². The fraction of sp³-hybridized carbons (Fsp3) is 0.103. The molecule has 2 amide bonds. The summed E-state index contributed by atoms with van der Waals surface area (Å²) in [5, 5.41) is 5.91. The van der Waals surface area contributed by atoms with Crippen molar-refractivity contribution in [3.05, 3.63) is 106 Å². The second-order valence-electron chi connectivity index (χ2n) is 8.56. The molecule has 2 heterocycles. The second-order valence-corrected chi connectivity index (χ2v) is 9.56. The second kappa shape index (κ2) is 11.2. The monoisotopic (exact) mass is 540 g/mol. The van der Waals surface area contributed by atoms with Crippen molar-refractivity contribution in [2.45, 2.75) is 13.5 Å². The Hall–Kier alpha value is -4.96. The molecule has 0 aliphatic rings. The molecule has 0 fully saturated rings. The highest BCUT2D eigenvalue weighted by Gasteiger charge is 2.21. The van der Waals surface area contributed by atoms with Gasteiger partial charge in [0, 0.05) is 5.69 Å². The standard InChI is InChI=1S/C29H24N4O5S/c1-18-25-28(39-26(18)27(35)32-22-10-6-7-11-23(22)37-2)30-17-33(29(25)36)16-24(34)31-19-12-14-21(15-13-19)38-20-8-4-3-5-9-20/h3-15,17H,16H2,1-2H3,(H,31,34)(H,32,35). The number of methoxy groups -OCH3 is 1. The van der Waals surface area contributed by atoms with Crippen LogP contribution in [0.25, 0.3) is 10.2 Å². The van der Waals surface area contributed by atoms with Gasteiger partial charge < -0.3 is 20.1 Å². The first-order valence-corrected chi connectivity index (χ1v) is 12.8. The van der Waals surface area contributed by atoms with Gasteiger partial charge in [-0.25, -0.2) is 4.98 Å². The van der Waals surface area contributed by atoms with E-state index in [4.69, 9.17) is 9.47 Å². The van der Waals surface area contributed by atoms with Crippen molar-refractivity contribution in [1.82, 2.24) is 9.55 Å². The Morgan fingerprint density at radius 2 is 1.62 bits per heavy atom. The summed E-state index contributed by atoms with van der Waals surface area (Å²) >= 11 is 1.12. The molecule has 0 radical (unpaired) electrons. The summed E-state index contributed by atoms with van der Waals surface area (Å²) in [6.45, 7) is 1.46. The van der Waals surface area contributed by atoms with Crippen LogP contribution >= 0.6 is 11.3 Å². The van der Waals surface area contributed by atoms with Gasteiger partial charge >= 0.3 is 0 Å². The summed E-state index contributed by atoms with van der Waals surface area (Å²) in [4.78, 5) is 44.1. The third-order valence-corrected chi connectivity index (χ3v) is 7.11. The number of benzene rings is 3. The Balaban J connectivity index is 1.29. The van der Waals surface area contributed by atoms with Crippen molar-refractivity contribution in [1.29, 1.82) is 0 Å². The molecule has 0 aliphatic carbocycles. The van der Waals surface area contributed by atoms with Crippen LogP contribution in [0.1, 0.15) is 15.2 Å². The molecule has 2 aromatic heterocycles. The number of aryl methyl sites for hydroxylation is 1. The molecule has 0 atom stereocenters. The van der Waals surface area contributed by atoms with Crippen LogP contribution in [0.2, 0.25) is 0 Å². The number of rotatable bonds is 8. The van der Waals surface area contributed by atoms with E-state index in [1.165, 1.54) is 18.0 Å². The number of para-hydroxylation sites is 3. The van der Waals surface area contributed by atoms with Crippen LogP contribution < -0.4 is 25.7 Å². The summed E-state index contributed by atoms with van der Waals surface area (Å²) < 4.78 is 12.3. The molecule has 0 saturated carbocycles. The van der Waals surface area contributed by atoms with Crippen LogP contribution in [0, 0.1) is 6.92 Å². The molecule has 3 aromatic carbocycles. The third kappa shape index (κ3) is 5.65. The Labute approximate surface area is 227 Å². The highest BCUT2D eigenvalue weighted by molar-refractivity contribution is 7.20. The first kappa shape index (κ1) is 25.7. The summed E-state index contributed by atoms with van der Waals surface area (Å²) in [7, 11) is 1.52. The van der Waals surface area contributed by atoms with Gasteiger partial charge in [-0.05, 0) is 61.0 Å². The van der Waals surface area contributed by atoms with Crippen LogP contribution in [-0.2, 0) is 11.3 Å². The van der Waals surface area contributed by atoms with Gasteiger partial charge in [0.05, 0.1) is 29.4 Å². The average Bonchev–Trinajstić information content (AvgIpc) is 3.29. The molecule has 9 nitrogen and oxygen atoms in total. The Kier molecular flexibility index (Phi) is 7.37. The lowest BCUT2D eigenvalue weighted by atomic mass is 10.2. The summed E-state index contributed by atoms with van der Waals surface area (Å²) in [5.74, 6) is 1.10. The van der Waals surface area contributed by atoms with Crippen LogP contribution in [0.3, 0.4) is 0 Å². The van der Waals surface area contributed by atoms with E-state index < -0.39 is 11.5 Å². The lowest BCUT2D eigenvalue weighted by molar-refractivity contribution is -0.116. The van der Waals surface area contributed by atoms with Gasteiger partial charge in [0.1, 0.15) is 28.6 Å². The predicted octanol–water partition coefficient (Wildman–Crippen LogP) is 5.46. The highest BCUT2D eigenvalue weighted by atomic mass is 32.1. The Morgan fingerprint density at radius 1 is 0.923 bits per heavy atom. The van der Waals surface area contributed by atoms with Crippen LogP contribution in [0.15, 0.2) is 90.0 Å². The number of hydrogen-bond donors (Lipinski definition) is 2. The Bertz CT molecular complexity index is 1710. The summed E-state index contributed by atoms with van der Waals surface area (Å²) in [6.07, 6.45) is 1.32. The molecule has 0 bridgehead atoms. The zero-order valence-corrected chi connectivity index (χ0v) is 22.0. The smallest absolute Gasteiger partial charge is 0.266 e. The van der Waals surface area contributed by atoms with Crippen molar-refractivity contribution >= 4 is 44.7 Å². The van der Waals surface area contributed by atoms with Crippen molar-refractivity contribution in [2.24, 2.45) is 0 Å². The number of anilines is 2. The predicted molar refractivity (Wildman–Crippen MR) is 151 cm³/mol. The normalized spacial score (nSPS) is 10.7. The number of thiophene rings is 1. The van der Waals surface area contributed by atoms with Gasteiger partial charge in [-0.15, -0.1) is 11.3 Å².